The van der Waals surface area contributed by atoms with Crippen LogP contribution in [0.4, 0.5) is 0 Å². The molecule has 0 spiro atoms. The number of hydrogen-bond acceptors (Lipinski definition) is 5. The van der Waals surface area contributed by atoms with Gasteiger partial charge in [-0.25, -0.2) is 0 Å². The maximum Gasteiger partial charge on any atom is 0.312 e. The minimum Gasteiger partial charge on any atom is -0.460 e. The number of carbonyl (C=O) groups excluding carboxylic acids is 3. The molecule has 2 aliphatic carbocycles. The largest absolute Gasteiger partial charge is 0.460 e. The van der Waals surface area contributed by atoms with Crippen LogP contribution in [0, 0.1) is 10.8 Å². The highest BCUT2D eigenvalue weighted by Gasteiger charge is 2.52. The molecule has 0 amide bonds. The smallest absolute Gasteiger partial charge is 0.312 e. The summed E-state index contributed by atoms with van der Waals surface area (Å²) in [6, 6.07) is 0. The van der Waals surface area contributed by atoms with Gasteiger partial charge in [-0.3, -0.25) is 14.4 Å². The van der Waals surface area contributed by atoms with Gasteiger partial charge in [0.1, 0.15) is 17.0 Å². The van der Waals surface area contributed by atoms with Crippen molar-refractivity contribution < 1.29 is 23.9 Å². The van der Waals surface area contributed by atoms with Gasteiger partial charge in [-0.1, -0.05) is 25.7 Å². The Balaban J connectivity index is 1.49. The molecule has 0 saturated heterocycles. The third-order valence-electron chi connectivity index (χ3n) is 6.59. The second-order valence-corrected chi connectivity index (χ2v) is 12.2. The first-order valence-electron chi connectivity index (χ1n) is 12.8. The number of unbranched alkanes of at least 4 members (excludes halogenated alkanes) is 4. The van der Waals surface area contributed by atoms with Crippen LogP contribution in [0.2, 0.25) is 0 Å². The Kier molecular flexibility index (Phi) is 8.97. The first-order chi connectivity index (χ1) is 14.8. The lowest BCUT2D eigenvalue weighted by Gasteiger charge is -2.23. The van der Waals surface area contributed by atoms with Crippen LogP contribution in [0.1, 0.15) is 131 Å². The SMILES string of the molecule is CC(C)(C)OC(=O)C1(CCCCCC(=O)CCCCCC2(C(=O)OC(C)(C)C)CC2)CC1. The molecule has 0 aromatic rings. The van der Waals surface area contributed by atoms with Crippen molar-refractivity contribution in [1.29, 1.82) is 0 Å². The monoisotopic (exact) mass is 450 g/mol. The molecule has 0 heterocycles. The van der Waals surface area contributed by atoms with E-state index < -0.39 is 11.2 Å². The van der Waals surface area contributed by atoms with Crippen molar-refractivity contribution in [2.45, 2.75) is 143 Å². The Morgan fingerprint density at radius 3 is 1.22 bits per heavy atom. The number of ketones is 1. The number of rotatable bonds is 14. The molecular formula is C27H46O5. The molecule has 0 N–H and O–H groups in total. The quantitative estimate of drug-likeness (QED) is 0.217. The number of Topliss-reactive ketones (excluding diaryl/α,β-unsaturated/α-hetero) is 1. The van der Waals surface area contributed by atoms with E-state index in [2.05, 4.69) is 0 Å². The normalized spacial score (nSPS) is 18.7. The maximum absolute atomic E-state index is 12.3. The molecule has 0 radical (unpaired) electrons. The van der Waals surface area contributed by atoms with Gasteiger partial charge < -0.3 is 9.47 Å². The van der Waals surface area contributed by atoms with Crippen molar-refractivity contribution in [3.63, 3.8) is 0 Å². The Morgan fingerprint density at radius 1 is 0.594 bits per heavy atom. The predicted octanol–water partition coefficient (Wildman–Crippen LogP) is 6.70. The topological polar surface area (TPSA) is 69.7 Å². The van der Waals surface area contributed by atoms with Crippen LogP contribution >= 0.6 is 0 Å². The summed E-state index contributed by atoms with van der Waals surface area (Å²) in [5, 5.41) is 0. The van der Waals surface area contributed by atoms with Gasteiger partial charge in [-0.15, -0.1) is 0 Å². The van der Waals surface area contributed by atoms with Gasteiger partial charge in [0.2, 0.25) is 0 Å². The van der Waals surface area contributed by atoms with E-state index >= 15 is 0 Å². The molecule has 5 nitrogen and oxygen atoms in total. The average Bonchev–Trinajstić information content (AvgIpc) is 3.54. The third kappa shape index (κ3) is 9.23. The molecule has 2 rings (SSSR count). The van der Waals surface area contributed by atoms with Gasteiger partial charge in [-0.2, -0.15) is 0 Å². The first-order valence-corrected chi connectivity index (χ1v) is 12.8. The minimum atomic E-state index is -0.423. The van der Waals surface area contributed by atoms with Crippen LogP contribution in [0.15, 0.2) is 0 Å². The number of carbonyl (C=O) groups is 3. The van der Waals surface area contributed by atoms with Crippen molar-refractivity contribution in [1.82, 2.24) is 0 Å². The fourth-order valence-electron chi connectivity index (χ4n) is 4.24. The third-order valence-corrected chi connectivity index (χ3v) is 6.59. The molecular weight excluding hydrogens is 404 g/mol. The lowest BCUT2D eigenvalue weighted by atomic mass is 9.96. The van der Waals surface area contributed by atoms with Gasteiger partial charge >= 0.3 is 11.9 Å². The summed E-state index contributed by atoms with van der Waals surface area (Å²) in [5.41, 5.74) is -1.33. The molecule has 5 heteroatoms. The molecule has 0 bridgehead atoms. The molecule has 32 heavy (non-hydrogen) atoms. The van der Waals surface area contributed by atoms with Crippen molar-refractivity contribution in [3.05, 3.63) is 0 Å². The highest BCUT2D eigenvalue weighted by atomic mass is 16.6. The number of hydrogen-bond donors (Lipinski definition) is 0. The summed E-state index contributed by atoms with van der Waals surface area (Å²) < 4.78 is 11.1. The molecule has 0 aromatic carbocycles. The zero-order valence-electron chi connectivity index (χ0n) is 21.4. The standard InChI is InChI=1S/C27H46O5/c1-24(2,3)31-22(29)26(17-18-26)15-11-7-9-13-21(28)14-10-8-12-16-27(19-20-27)23(30)32-25(4,5)6/h7-20H2,1-6H3. The van der Waals surface area contributed by atoms with E-state index in [1.54, 1.807) is 0 Å². The summed E-state index contributed by atoms with van der Waals surface area (Å²) in [7, 11) is 0. The second-order valence-electron chi connectivity index (χ2n) is 12.2. The molecule has 0 aliphatic heterocycles. The van der Waals surface area contributed by atoms with Gasteiger partial charge in [0.15, 0.2) is 0 Å². The summed E-state index contributed by atoms with van der Waals surface area (Å²) in [5.74, 6) is 0.257. The van der Waals surface area contributed by atoms with E-state index in [0.29, 0.717) is 18.6 Å². The van der Waals surface area contributed by atoms with E-state index in [-0.39, 0.29) is 22.8 Å². The summed E-state index contributed by atoms with van der Waals surface area (Å²) >= 11 is 0. The van der Waals surface area contributed by atoms with E-state index in [9.17, 15) is 14.4 Å². The van der Waals surface area contributed by atoms with Crippen LogP contribution in [0.3, 0.4) is 0 Å². The molecule has 0 unspecified atom stereocenters. The van der Waals surface area contributed by atoms with Crippen molar-refractivity contribution >= 4 is 17.7 Å². The van der Waals surface area contributed by atoms with E-state index in [4.69, 9.17) is 9.47 Å². The van der Waals surface area contributed by atoms with E-state index in [1.807, 2.05) is 41.5 Å². The summed E-state index contributed by atoms with van der Waals surface area (Å²) in [4.78, 5) is 36.9. The predicted molar refractivity (Wildman–Crippen MR) is 126 cm³/mol. The van der Waals surface area contributed by atoms with Crippen LogP contribution in [0.5, 0.6) is 0 Å². The van der Waals surface area contributed by atoms with E-state index in [0.717, 1.165) is 77.0 Å². The average molecular weight is 451 g/mol. The molecule has 0 aromatic heterocycles. The number of esters is 2. The van der Waals surface area contributed by atoms with Crippen molar-refractivity contribution in [2.24, 2.45) is 10.8 Å². The molecule has 2 fully saturated rings. The van der Waals surface area contributed by atoms with Crippen molar-refractivity contribution in [3.8, 4) is 0 Å². The van der Waals surface area contributed by atoms with Gasteiger partial charge in [0.05, 0.1) is 10.8 Å². The Morgan fingerprint density at radius 2 is 0.938 bits per heavy atom. The van der Waals surface area contributed by atoms with Crippen LogP contribution < -0.4 is 0 Å². The lowest BCUT2D eigenvalue weighted by molar-refractivity contribution is -0.163. The molecule has 0 atom stereocenters. The highest BCUT2D eigenvalue weighted by molar-refractivity contribution is 5.80. The Labute approximate surface area is 195 Å². The zero-order valence-corrected chi connectivity index (χ0v) is 21.4. The number of ether oxygens (including phenoxy) is 2. The fourth-order valence-corrected chi connectivity index (χ4v) is 4.24. The highest BCUT2D eigenvalue weighted by Crippen LogP contribution is 2.52. The Bertz CT molecular complexity index is 601. The van der Waals surface area contributed by atoms with Gasteiger partial charge in [-0.05, 0) is 92.9 Å². The Hall–Kier alpha value is -1.39. The second kappa shape index (κ2) is 10.7. The van der Waals surface area contributed by atoms with Crippen LogP contribution in [-0.2, 0) is 23.9 Å². The molecule has 184 valence electrons. The van der Waals surface area contributed by atoms with Crippen molar-refractivity contribution in [2.75, 3.05) is 0 Å². The van der Waals surface area contributed by atoms with Gasteiger partial charge in [0.25, 0.3) is 0 Å². The minimum absolute atomic E-state index is 0.0410. The van der Waals surface area contributed by atoms with Gasteiger partial charge in [0, 0.05) is 12.8 Å². The fraction of sp³-hybridized carbons (Fsp3) is 0.889. The molecule has 2 saturated carbocycles. The zero-order chi connectivity index (χ0) is 24.0. The molecule has 2 aliphatic rings. The van der Waals surface area contributed by atoms with Crippen LogP contribution in [-0.4, -0.2) is 28.9 Å². The summed E-state index contributed by atoms with van der Waals surface area (Å²) in [6.07, 6.45) is 12.6. The maximum atomic E-state index is 12.3. The van der Waals surface area contributed by atoms with Crippen LogP contribution in [0.25, 0.3) is 0 Å². The van der Waals surface area contributed by atoms with E-state index in [1.165, 1.54) is 0 Å². The first kappa shape index (κ1) is 26.9. The lowest BCUT2D eigenvalue weighted by Crippen LogP contribution is -2.29. The summed E-state index contributed by atoms with van der Waals surface area (Å²) in [6.45, 7) is 11.5.